The molecule has 1 saturated heterocycles. The van der Waals surface area contributed by atoms with Gasteiger partial charge in [-0.05, 0) is 19.4 Å². The lowest BCUT2D eigenvalue weighted by Gasteiger charge is -2.16. The summed E-state index contributed by atoms with van der Waals surface area (Å²) >= 11 is 0. The molecular weight excluding hydrogens is 316 g/mol. The molecule has 0 bridgehead atoms. The molecule has 0 unspecified atom stereocenters. The average molecular weight is 340 g/mol. The first kappa shape index (κ1) is 17.8. The molecule has 2 aromatic carbocycles. The number of carbonyl (C=O) groups excluding carboxylic acids is 1. The highest BCUT2D eigenvalue weighted by Gasteiger charge is 2.44. The number of ether oxygens (including phenoxy) is 3. The highest BCUT2D eigenvalue weighted by atomic mass is 16.8. The Labute approximate surface area is 148 Å². The topological polar surface area (TPSA) is 44.8 Å². The second-order valence-electron chi connectivity index (χ2n) is 6.65. The summed E-state index contributed by atoms with van der Waals surface area (Å²) in [6.45, 7) is 4.73. The zero-order chi connectivity index (χ0) is 17.7. The maximum absolute atomic E-state index is 12.8. The molecule has 2 aromatic rings. The van der Waals surface area contributed by atoms with E-state index in [1.807, 2.05) is 62.4 Å². The second-order valence-corrected chi connectivity index (χ2v) is 6.65. The summed E-state index contributed by atoms with van der Waals surface area (Å²) in [4.78, 5) is 12.8. The SMILES string of the molecule is CC1(C)O[C@H](C(=O)c2ccccc2)[C@@H](CCOCc2ccccc2)O1. The van der Waals surface area contributed by atoms with Gasteiger partial charge in [-0.25, -0.2) is 0 Å². The maximum atomic E-state index is 12.8. The van der Waals surface area contributed by atoms with Crippen LogP contribution in [0.25, 0.3) is 0 Å². The van der Waals surface area contributed by atoms with Crippen molar-refractivity contribution < 1.29 is 19.0 Å². The molecule has 0 N–H and O–H groups in total. The summed E-state index contributed by atoms with van der Waals surface area (Å²) in [7, 11) is 0. The Morgan fingerprint density at radius 1 is 1.00 bits per heavy atom. The molecule has 0 radical (unpaired) electrons. The van der Waals surface area contributed by atoms with Gasteiger partial charge < -0.3 is 14.2 Å². The van der Waals surface area contributed by atoms with Gasteiger partial charge in [0, 0.05) is 18.6 Å². The fraction of sp³-hybridized carbons (Fsp3) is 0.381. The number of hydrogen-bond acceptors (Lipinski definition) is 4. The van der Waals surface area contributed by atoms with Gasteiger partial charge in [0.2, 0.25) is 0 Å². The molecule has 1 aliphatic rings. The standard InChI is InChI=1S/C21H24O4/c1-21(2)24-18(13-14-23-15-16-9-5-3-6-10-16)20(25-21)19(22)17-11-7-4-8-12-17/h3-12,18,20H,13-15H2,1-2H3/t18-,20+/m1/s1. The Kier molecular flexibility index (Phi) is 5.63. The number of ketones is 1. The van der Waals surface area contributed by atoms with Crippen LogP contribution in [0.15, 0.2) is 60.7 Å². The monoisotopic (exact) mass is 340 g/mol. The van der Waals surface area contributed by atoms with Gasteiger partial charge in [0.25, 0.3) is 0 Å². The van der Waals surface area contributed by atoms with Crippen molar-refractivity contribution in [2.24, 2.45) is 0 Å². The summed E-state index contributed by atoms with van der Waals surface area (Å²) in [5.74, 6) is -0.807. The van der Waals surface area contributed by atoms with Gasteiger partial charge in [0.1, 0.15) is 6.10 Å². The van der Waals surface area contributed by atoms with Crippen LogP contribution in [0.4, 0.5) is 0 Å². The molecule has 0 saturated carbocycles. The molecule has 2 atom stereocenters. The van der Waals surface area contributed by atoms with E-state index in [-0.39, 0.29) is 11.9 Å². The van der Waals surface area contributed by atoms with Crippen molar-refractivity contribution >= 4 is 5.78 Å². The first-order valence-electron chi connectivity index (χ1n) is 8.62. The van der Waals surface area contributed by atoms with Crippen LogP contribution in [0.1, 0.15) is 36.2 Å². The minimum Gasteiger partial charge on any atom is -0.377 e. The molecule has 0 spiro atoms. The van der Waals surface area contributed by atoms with E-state index in [9.17, 15) is 4.79 Å². The Morgan fingerprint density at radius 3 is 2.32 bits per heavy atom. The van der Waals surface area contributed by atoms with E-state index in [4.69, 9.17) is 14.2 Å². The van der Waals surface area contributed by atoms with Crippen LogP contribution in [0, 0.1) is 0 Å². The third kappa shape index (κ3) is 4.75. The quantitative estimate of drug-likeness (QED) is 0.564. The van der Waals surface area contributed by atoms with Crippen LogP contribution in [0.5, 0.6) is 0 Å². The Hall–Kier alpha value is -2.01. The molecule has 0 amide bonds. The predicted molar refractivity (Wildman–Crippen MR) is 95.3 cm³/mol. The maximum Gasteiger partial charge on any atom is 0.194 e. The van der Waals surface area contributed by atoms with E-state index < -0.39 is 11.9 Å². The van der Waals surface area contributed by atoms with Crippen molar-refractivity contribution in [3.63, 3.8) is 0 Å². The van der Waals surface area contributed by atoms with E-state index in [2.05, 4.69) is 0 Å². The number of benzene rings is 2. The molecule has 3 rings (SSSR count). The normalized spacial score (nSPS) is 22.0. The number of carbonyl (C=O) groups is 1. The highest BCUT2D eigenvalue weighted by molar-refractivity contribution is 6.00. The molecular formula is C21H24O4. The van der Waals surface area contributed by atoms with E-state index >= 15 is 0 Å². The molecule has 1 aliphatic heterocycles. The predicted octanol–water partition coefficient (Wildman–Crippen LogP) is 4.00. The average Bonchev–Trinajstić information content (AvgIpc) is 2.94. The zero-order valence-electron chi connectivity index (χ0n) is 14.7. The molecule has 0 aliphatic carbocycles. The van der Waals surface area contributed by atoms with Crippen molar-refractivity contribution in [1.82, 2.24) is 0 Å². The van der Waals surface area contributed by atoms with E-state index in [1.165, 1.54) is 0 Å². The van der Waals surface area contributed by atoms with E-state index in [1.54, 1.807) is 12.1 Å². The van der Waals surface area contributed by atoms with Gasteiger partial charge in [0.05, 0.1) is 12.7 Å². The van der Waals surface area contributed by atoms with Gasteiger partial charge in [-0.3, -0.25) is 4.79 Å². The smallest absolute Gasteiger partial charge is 0.194 e. The molecule has 132 valence electrons. The Bertz CT molecular complexity index is 682. The Balaban J connectivity index is 1.57. The van der Waals surface area contributed by atoms with Crippen molar-refractivity contribution in [2.75, 3.05) is 6.61 Å². The lowest BCUT2D eigenvalue weighted by atomic mass is 10.0. The number of hydrogen-bond donors (Lipinski definition) is 0. The Morgan fingerprint density at radius 2 is 1.64 bits per heavy atom. The lowest BCUT2D eigenvalue weighted by Crippen LogP contribution is -2.32. The second kappa shape index (κ2) is 7.91. The lowest BCUT2D eigenvalue weighted by molar-refractivity contribution is -0.144. The third-order valence-electron chi connectivity index (χ3n) is 4.16. The van der Waals surface area contributed by atoms with Crippen molar-refractivity contribution in [3.05, 3.63) is 71.8 Å². The largest absolute Gasteiger partial charge is 0.377 e. The van der Waals surface area contributed by atoms with E-state index in [0.29, 0.717) is 25.2 Å². The molecule has 1 heterocycles. The van der Waals surface area contributed by atoms with Crippen LogP contribution in [0.3, 0.4) is 0 Å². The summed E-state index contributed by atoms with van der Waals surface area (Å²) in [5, 5.41) is 0. The number of Topliss-reactive ketones (excluding diaryl/α,β-unsaturated/α-hetero) is 1. The third-order valence-corrected chi connectivity index (χ3v) is 4.16. The zero-order valence-corrected chi connectivity index (χ0v) is 14.7. The fourth-order valence-electron chi connectivity index (χ4n) is 3.00. The minimum absolute atomic E-state index is 0.0424. The van der Waals surface area contributed by atoms with Gasteiger partial charge in [-0.15, -0.1) is 0 Å². The van der Waals surface area contributed by atoms with Crippen molar-refractivity contribution in [3.8, 4) is 0 Å². The molecule has 1 fully saturated rings. The van der Waals surface area contributed by atoms with Gasteiger partial charge in [-0.1, -0.05) is 60.7 Å². The fourth-order valence-corrected chi connectivity index (χ4v) is 3.00. The van der Waals surface area contributed by atoms with Crippen LogP contribution >= 0.6 is 0 Å². The highest BCUT2D eigenvalue weighted by Crippen LogP contribution is 2.31. The van der Waals surface area contributed by atoms with Crippen LogP contribution in [-0.4, -0.2) is 30.4 Å². The van der Waals surface area contributed by atoms with Crippen molar-refractivity contribution in [2.45, 2.75) is 44.9 Å². The van der Waals surface area contributed by atoms with Crippen LogP contribution < -0.4 is 0 Å². The van der Waals surface area contributed by atoms with Gasteiger partial charge in [0.15, 0.2) is 11.6 Å². The summed E-state index contributed by atoms with van der Waals surface area (Å²) < 4.78 is 17.5. The van der Waals surface area contributed by atoms with Crippen LogP contribution in [0.2, 0.25) is 0 Å². The van der Waals surface area contributed by atoms with E-state index in [0.717, 1.165) is 5.56 Å². The molecule has 25 heavy (non-hydrogen) atoms. The first-order valence-corrected chi connectivity index (χ1v) is 8.62. The molecule has 4 nitrogen and oxygen atoms in total. The summed E-state index contributed by atoms with van der Waals surface area (Å²) in [6.07, 6.45) is -0.296. The van der Waals surface area contributed by atoms with Crippen molar-refractivity contribution in [1.29, 1.82) is 0 Å². The number of rotatable bonds is 7. The van der Waals surface area contributed by atoms with Gasteiger partial charge >= 0.3 is 0 Å². The molecule has 0 aromatic heterocycles. The minimum atomic E-state index is -0.765. The molecule has 4 heteroatoms. The van der Waals surface area contributed by atoms with Crippen LogP contribution in [-0.2, 0) is 20.8 Å². The van der Waals surface area contributed by atoms with Gasteiger partial charge in [-0.2, -0.15) is 0 Å². The summed E-state index contributed by atoms with van der Waals surface area (Å²) in [6, 6.07) is 19.2. The summed E-state index contributed by atoms with van der Waals surface area (Å²) in [5.41, 5.74) is 1.77. The first-order chi connectivity index (χ1) is 12.1.